The molecule has 8 heteroatoms. The van der Waals surface area contributed by atoms with Gasteiger partial charge in [-0.2, -0.15) is 13.2 Å². The standard InChI is InChI=1S/C11H15F3N2O3/c1-2-19-10(17)9-8(3-4-16-9)15-5-6-18-7-11(12,13)14/h3-4,15-16H,2,5-7H2,1H3. The number of hydrogen-bond donors (Lipinski definition) is 2. The maximum atomic E-state index is 11.8. The Morgan fingerprint density at radius 2 is 2.21 bits per heavy atom. The second kappa shape index (κ2) is 7.03. The number of nitrogens with one attached hydrogen (secondary N) is 2. The number of H-pyrrole nitrogens is 1. The molecule has 0 aliphatic heterocycles. The summed E-state index contributed by atoms with van der Waals surface area (Å²) in [5.74, 6) is -0.522. The first kappa shape index (κ1) is 15.4. The van der Waals surface area contributed by atoms with E-state index in [0.717, 1.165) is 0 Å². The molecule has 1 rings (SSSR count). The van der Waals surface area contributed by atoms with Crippen LogP contribution in [0.2, 0.25) is 0 Å². The summed E-state index contributed by atoms with van der Waals surface area (Å²) in [5.41, 5.74) is 0.701. The van der Waals surface area contributed by atoms with E-state index in [9.17, 15) is 18.0 Å². The molecular formula is C11H15F3N2O3. The van der Waals surface area contributed by atoms with Crippen molar-refractivity contribution in [2.24, 2.45) is 0 Å². The maximum absolute atomic E-state index is 11.8. The van der Waals surface area contributed by atoms with Crippen LogP contribution in [-0.2, 0) is 9.47 Å². The van der Waals surface area contributed by atoms with Gasteiger partial charge in [-0.1, -0.05) is 0 Å². The van der Waals surface area contributed by atoms with Crippen molar-refractivity contribution in [3.8, 4) is 0 Å². The van der Waals surface area contributed by atoms with Crippen LogP contribution in [0, 0.1) is 0 Å². The Kier molecular flexibility index (Phi) is 5.68. The Balaban J connectivity index is 2.34. The second-order valence-electron chi connectivity index (χ2n) is 3.58. The fraction of sp³-hybridized carbons (Fsp3) is 0.545. The van der Waals surface area contributed by atoms with Gasteiger partial charge in [0.1, 0.15) is 12.3 Å². The number of esters is 1. The minimum atomic E-state index is -4.33. The zero-order chi connectivity index (χ0) is 14.3. The summed E-state index contributed by atoms with van der Waals surface area (Å²) in [6, 6.07) is 1.59. The lowest BCUT2D eigenvalue weighted by molar-refractivity contribution is -0.172. The van der Waals surface area contributed by atoms with Gasteiger partial charge in [-0.3, -0.25) is 0 Å². The summed E-state index contributed by atoms with van der Waals surface area (Å²) in [4.78, 5) is 14.2. The predicted octanol–water partition coefficient (Wildman–Crippen LogP) is 2.18. The van der Waals surface area contributed by atoms with Crippen molar-refractivity contribution in [1.29, 1.82) is 0 Å². The highest BCUT2D eigenvalue weighted by atomic mass is 19.4. The molecule has 0 aromatic carbocycles. The number of alkyl halides is 3. The maximum Gasteiger partial charge on any atom is 0.411 e. The summed E-state index contributed by atoms with van der Waals surface area (Å²) < 4.78 is 44.6. The smallest absolute Gasteiger partial charge is 0.411 e. The molecule has 0 atom stereocenters. The number of anilines is 1. The first-order valence-electron chi connectivity index (χ1n) is 5.67. The van der Waals surface area contributed by atoms with Gasteiger partial charge in [0.25, 0.3) is 0 Å². The summed E-state index contributed by atoms with van der Waals surface area (Å²) in [6.45, 7) is 0.671. The van der Waals surface area contributed by atoms with E-state index < -0.39 is 18.8 Å². The van der Waals surface area contributed by atoms with Crippen LogP contribution in [0.4, 0.5) is 18.9 Å². The first-order chi connectivity index (χ1) is 8.94. The van der Waals surface area contributed by atoms with Crippen LogP contribution in [0.25, 0.3) is 0 Å². The van der Waals surface area contributed by atoms with Crippen LogP contribution >= 0.6 is 0 Å². The van der Waals surface area contributed by atoms with Gasteiger partial charge in [0.15, 0.2) is 0 Å². The van der Waals surface area contributed by atoms with Crippen molar-refractivity contribution >= 4 is 11.7 Å². The molecular weight excluding hydrogens is 265 g/mol. The molecule has 2 N–H and O–H groups in total. The Labute approximate surface area is 108 Å². The van der Waals surface area contributed by atoms with Crippen LogP contribution in [0.1, 0.15) is 17.4 Å². The van der Waals surface area contributed by atoms with Crippen molar-refractivity contribution < 1.29 is 27.4 Å². The number of aromatic nitrogens is 1. The Morgan fingerprint density at radius 1 is 1.47 bits per heavy atom. The third-order valence-electron chi connectivity index (χ3n) is 2.05. The van der Waals surface area contributed by atoms with Gasteiger partial charge in [-0.05, 0) is 13.0 Å². The molecule has 0 aliphatic carbocycles. The van der Waals surface area contributed by atoms with Crippen molar-refractivity contribution in [3.05, 3.63) is 18.0 Å². The zero-order valence-corrected chi connectivity index (χ0v) is 10.3. The van der Waals surface area contributed by atoms with E-state index in [1.165, 1.54) is 6.20 Å². The fourth-order valence-corrected chi connectivity index (χ4v) is 1.33. The molecule has 108 valence electrons. The summed E-state index contributed by atoms with van der Waals surface area (Å²) in [6.07, 6.45) is -2.80. The molecule has 0 radical (unpaired) electrons. The lowest BCUT2D eigenvalue weighted by atomic mass is 10.3. The van der Waals surface area contributed by atoms with Gasteiger partial charge in [0, 0.05) is 12.7 Å². The van der Waals surface area contributed by atoms with E-state index in [0.29, 0.717) is 5.69 Å². The van der Waals surface area contributed by atoms with E-state index in [1.807, 2.05) is 0 Å². The van der Waals surface area contributed by atoms with Gasteiger partial charge in [-0.25, -0.2) is 4.79 Å². The van der Waals surface area contributed by atoms with Crippen molar-refractivity contribution in [2.75, 3.05) is 31.7 Å². The number of ether oxygens (including phenoxy) is 2. The van der Waals surface area contributed by atoms with Gasteiger partial charge in [0.05, 0.1) is 18.9 Å². The lowest BCUT2D eigenvalue weighted by Gasteiger charge is -2.09. The number of aromatic amines is 1. The molecule has 19 heavy (non-hydrogen) atoms. The Morgan fingerprint density at radius 3 is 2.84 bits per heavy atom. The average Bonchev–Trinajstić information content (AvgIpc) is 2.75. The van der Waals surface area contributed by atoms with Crippen molar-refractivity contribution in [3.63, 3.8) is 0 Å². The summed E-state index contributed by atoms with van der Waals surface area (Å²) in [7, 11) is 0. The largest absolute Gasteiger partial charge is 0.461 e. The van der Waals surface area contributed by atoms with Gasteiger partial charge < -0.3 is 19.8 Å². The molecule has 0 amide bonds. The van der Waals surface area contributed by atoms with E-state index in [-0.39, 0.29) is 25.5 Å². The van der Waals surface area contributed by atoms with E-state index in [1.54, 1.807) is 13.0 Å². The highest BCUT2D eigenvalue weighted by Gasteiger charge is 2.27. The number of carbonyl (C=O) groups is 1. The summed E-state index contributed by atoms with van der Waals surface area (Å²) >= 11 is 0. The number of hydrogen-bond acceptors (Lipinski definition) is 4. The Bertz CT molecular complexity index is 404. The third-order valence-corrected chi connectivity index (χ3v) is 2.05. The van der Waals surface area contributed by atoms with Gasteiger partial charge >= 0.3 is 12.1 Å². The molecule has 0 unspecified atom stereocenters. The van der Waals surface area contributed by atoms with Crippen LogP contribution < -0.4 is 5.32 Å². The van der Waals surface area contributed by atoms with Crippen LogP contribution in [0.5, 0.6) is 0 Å². The van der Waals surface area contributed by atoms with Crippen LogP contribution in [0.15, 0.2) is 12.3 Å². The van der Waals surface area contributed by atoms with Crippen molar-refractivity contribution in [1.82, 2.24) is 4.98 Å². The topological polar surface area (TPSA) is 63.4 Å². The number of halogens is 3. The minimum Gasteiger partial charge on any atom is -0.461 e. The molecule has 5 nitrogen and oxygen atoms in total. The molecule has 0 fully saturated rings. The second-order valence-corrected chi connectivity index (χ2v) is 3.58. The fourth-order valence-electron chi connectivity index (χ4n) is 1.33. The Hall–Kier alpha value is -1.70. The number of rotatable bonds is 7. The van der Waals surface area contributed by atoms with Crippen LogP contribution in [-0.4, -0.2) is 43.5 Å². The van der Waals surface area contributed by atoms with Gasteiger partial charge in [0.2, 0.25) is 0 Å². The molecule has 0 bridgehead atoms. The molecule has 0 spiro atoms. The highest BCUT2D eigenvalue weighted by molar-refractivity contribution is 5.93. The number of carbonyl (C=O) groups excluding carboxylic acids is 1. The molecule has 0 saturated heterocycles. The average molecular weight is 280 g/mol. The normalized spacial score (nSPS) is 11.4. The zero-order valence-electron chi connectivity index (χ0n) is 10.3. The first-order valence-corrected chi connectivity index (χ1v) is 5.67. The van der Waals surface area contributed by atoms with Crippen LogP contribution in [0.3, 0.4) is 0 Å². The molecule has 0 aliphatic rings. The monoisotopic (exact) mass is 280 g/mol. The molecule has 0 saturated carbocycles. The van der Waals surface area contributed by atoms with Gasteiger partial charge in [-0.15, -0.1) is 0 Å². The van der Waals surface area contributed by atoms with E-state index in [2.05, 4.69) is 15.0 Å². The SMILES string of the molecule is CCOC(=O)c1[nH]ccc1NCCOCC(F)(F)F. The molecule has 1 heterocycles. The minimum absolute atomic E-state index is 0.118. The quantitative estimate of drug-likeness (QED) is 0.593. The van der Waals surface area contributed by atoms with Crippen molar-refractivity contribution in [2.45, 2.75) is 13.1 Å². The third kappa shape index (κ3) is 5.64. The van der Waals surface area contributed by atoms with E-state index in [4.69, 9.17) is 4.74 Å². The summed E-state index contributed by atoms with van der Waals surface area (Å²) in [5, 5.41) is 2.79. The molecule has 1 aromatic rings. The van der Waals surface area contributed by atoms with E-state index >= 15 is 0 Å². The lowest BCUT2D eigenvalue weighted by Crippen LogP contribution is -2.20. The highest BCUT2D eigenvalue weighted by Crippen LogP contribution is 2.15. The predicted molar refractivity (Wildman–Crippen MR) is 62.1 cm³/mol. The molecule has 1 aromatic heterocycles.